The highest BCUT2D eigenvalue weighted by molar-refractivity contribution is 9.10. The lowest BCUT2D eigenvalue weighted by Gasteiger charge is -2.07. The van der Waals surface area contributed by atoms with Crippen molar-refractivity contribution < 1.29 is 0 Å². The van der Waals surface area contributed by atoms with Gasteiger partial charge in [0.15, 0.2) is 5.82 Å². The Balaban J connectivity index is 2.49. The van der Waals surface area contributed by atoms with Crippen molar-refractivity contribution in [3.63, 3.8) is 0 Å². The van der Waals surface area contributed by atoms with Gasteiger partial charge in [-0.3, -0.25) is 4.98 Å². The smallest absolute Gasteiger partial charge is 0.182 e. The van der Waals surface area contributed by atoms with E-state index in [0.717, 1.165) is 23.0 Å². The van der Waals surface area contributed by atoms with E-state index in [4.69, 9.17) is 5.73 Å². The standard InChI is InChI=1S/C11H12BrN5/c1-2-3-7-9(12)10(13)17-11(16-7)8-6-14-4-5-15-8/h4-6H,2-3H2,1H3,(H2,13,16,17). The molecule has 6 heteroatoms. The van der Waals surface area contributed by atoms with Gasteiger partial charge in [-0.2, -0.15) is 0 Å². The Hall–Kier alpha value is -1.56. The highest BCUT2D eigenvalue weighted by Gasteiger charge is 2.11. The number of anilines is 1. The minimum absolute atomic E-state index is 0.434. The van der Waals surface area contributed by atoms with Crippen molar-refractivity contribution in [3.8, 4) is 11.5 Å². The van der Waals surface area contributed by atoms with Crippen LogP contribution in [0, 0.1) is 0 Å². The van der Waals surface area contributed by atoms with E-state index in [-0.39, 0.29) is 0 Å². The van der Waals surface area contributed by atoms with Crippen molar-refractivity contribution in [2.24, 2.45) is 0 Å². The van der Waals surface area contributed by atoms with Gasteiger partial charge < -0.3 is 5.73 Å². The molecule has 88 valence electrons. The Morgan fingerprint density at radius 2 is 2.12 bits per heavy atom. The molecule has 0 spiro atoms. The summed E-state index contributed by atoms with van der Waals surface area (Å²) in [5.41, 5.74) is 7.38. The third kappa shape index (κ3) is 2.58. The van der Waals surface area contributed by atoms with Crippen LogP contribution >= 0.6 is 15.9 Å². The highest BCUT2D eigenvalue weighted by Crippen LogP contribution is 2.24. The lowest BCUT2D eigenvalue weighted by Crippen LogP contribution is -2.03. The Morgan fingerprint density at radius 1 is 1.29 bits per heavy atom. The normalized spacial score (nSPS) is 10.5. The van der Waals surface area contributed by atoms with E-state index < -0.39 is 0 Å². The molecule has 0 aliphatic carbocycles. The van der Waals surface area contributed by atoms with Gasteiger partial charge in [-0.05, 0) is 22.4 Å². The summed E-state index contributed by atoms with van der Waals surface area (Å²) in [6, 6.07) is 0. The first kappa shape index (κ1) is 11.9. The summed E-state index contributed by atoms with van der Waals surface area (Å²) in [6.07, 6.45) is 6.68. The third-order valence-corrected chi connectivity index (χ3v) is 3.09. The van der Waals surface area contributed by atoms with Crippen LogP contribution in [0.25, 0.3) is 11.5 Å². The fraction of sp³-hybridized carbons (Fsp3) is 0.273. The molecule has 0 aliphatic heterocycles. The molecule has 2 rings (SSSR count). The van der Waals surface area contributed by atoms with Gasteiger partial charge >= 0.3 is 0 Å². The minimum atomic E-state index is 0.434. The summed E-state index contributed by atoms with van der Waals surface area (Å²) in [4.78, 5) is 16.8. The number of nitrogens with two attached hydrogens (primary N) is 1. The van der Waals surface area contributed by atoms with Gasteiger partial charge in [0.05, 0.1) is 16.4 Å². The second-order valence-electron chi connectivity index (χ2n) is 3.53. The molecule has 5 nitrogen and oxygen atoms in total. The van der Waals surface area contributed by atoms with Crippen LogP contribution in [-0.4, -0.2) is 19.9 Å². The first-order valence-electron chi connectivity index (χ1n) is 5.30. The van der Waals surface area contributed by atoms with E-state index in [1.165, 1.54) is 0 Å². The van der Waals surface area contributed by atoms with Gasteiger partial charge in [0.2, 0.25) is 0 Å². The molecule has 0 saturated heterocycles. The number of nitrogens with zero attached hydrogens (tertiary/aromatic N) is 4. The number of nitrogen functional groups attached to an aromatic ring is 1. The van der Waals surface area contributed by atoms with Gasteiger partial charge in [0, 0.05) is 12.4 Å². The average Bonchev–Trinajstić information content (AvgIpc) is 2.36. The lowest BCUT2D eigenvalue weighted by atomic mass is 10.2. The summed E-state index contributed by atoms with van der Waals surface area (Å²) >= 11 is 3.40. The van der Waals surface area contributed by atoms with E-state index in [0.29, 0.717) is 17.3 Å². The molecular formula is C11H12BrN5. The summed E-state index contributed by atoms with van der Waals surface area (Å²) < 4.78 is 0.770. The Morgan fingerprint density at radius 3 is 2.76 bits per heavy atom. The van der Waals surface area contributed by atoms with Crippen molar-refractivity contribution in [1.29, 1.82) is 0 Å². The molecule has 0 amide bonds. The molecule has 2 heterocycles. The van der Waals surface area contributed by atoms with E-state index in [9.17, 15) is 0 Å². The summed E-state index contributed by atoms with van der Waals surface area (Å²) in [7, 11) is 0. The topological polar surface area (TPSA) is 77.6 Å². The summed E-state index contributed by atoms with van der Waals surface area (Å²) in [6.45, 7) is 2.09. The number of halogens is 1. The molecule has 0 atom stereocenters. The zero-order valence-electron chi connectivity index (χ0n) is 9.39. The third-order valence-electron chi connectivity index (χ3n) is 2.22. The molecule has 0 aromatic carbocycles. The number of hydrogen-bond donors (Lipinski definition) is 1. The zero-order valence-corrected chi connectivity index (χ0v) is 11.0. The lowest BCUT2D eigenvalue weighted by molar-refractivity contribution is 0.868. The van der Waals surface area contributed by atoms with E-state index in [2.05, 4.69) is 42.8 Å². The van der Waals surface area contributed by atoms with E-state index in [1.54, 1.807) is 18.6 Å². The number of aromatic nitrogens is 4. The molecule has 0 bridgehead atoms. The average molecular weight is 294 g/mol. The van der Waals surface area contributed by atoms with Crippen LogP contribution in [0.2, 0.25) is 0 Å². The first-order valence-corrected chi connectivity index (χ1v) is 6.10. The van der Waals surface area contributed by atoms with E-state index >= 15 is 0 Å². The largest absolute Gasteiger partial charge is 0.383 e. The van der Waals surface area contributed by atoms with Crippen molar-refractivity contribution in [3.05, 3.63) is 28.8 Å². The maximum atomic E-state index is 5.84. The molecule has 0 fully saturated rings. The second kappa shape index (κ2) is 5.18. The molecule has 17 heavy (non-hydrogen) atoms. The predicted molar refractivity (Wildman–Crippen MR) is 69.2 cm³/mol. The van der Waals surface area contributed by atoms with Gasteiger partial charge in [-0.15, -0.1) is 0 Å². The van der Waals surface area contributed by atoms with Crippen molar-refractivity contribution in [2.75, 3.05) is 5.73 Å². The predicted octanol–water partition coefficient (Wildman–Crippen LogP) is 2.23. The van der Waals surface area contributed by atoms with Gasteiger partial charge in [0.1, 0.15) is 11.5 Å². The zero-order chi connectivity index (χ0) is 12.3. The minimum Gasteiger partial charge on any atom is -0.383 e. The molecule has 0 saturated carbocycles. The Bertz CT molecular complexity index is 515. The highest BCUT2D eigenvalue weighted by atomic mass is 79.9. The number of aryl methyl sites for hydroxylation is 1. The molecule has 2 aromatic heterocycles. The molecule has 0 radical (unpaired) electrons. The fourth-order valence-corrected chi connectivity index (χ4v) is 1.82. The van der Waals surface area contributed by atoms with Gasteiger partial charge in [-0.1, -0.05) is 13.3 Å². The number of rotatable bonds is 3. The van der Waals surface area contributed by atoms with Crippen LogP contribution in [0.3, 0.4) is 0 Å². The van der Waals surface area contributed by atoms with Crippen molar-refractivity contribution >= 4 is 21.7 Å². The molecule has 0 aliphatic rings. The first-order chi connectivity index (χ1) is 8.22. The molecule has 2 N–H and O–H groups in total. The quantitative estimate of drug-likeness (QED) is 0.939. The molecule has 2 aromatic rings. The van der Waals surface area contributed by atoms with Crippen LogP contribution in [0.4, 0.5) is 5.82 Å². The fourth-order valence-electron chi connectivity index (χ4n) is 1.44. The van der Waals surface area contributed by atoms with Crippen LogP contribution in [-0.2, 0) is 6.42 Å². The van der Waals surface area contributed by atoms with E-state index in [1.807, 2.05) is 0 Å². The molecular weight excluding hydrogens is 282 g/mol. The van der Waals surface area contributed by atoms with Crippen LogP contribution in [0.15, 0.2) is 23.1 Å². The van der Waals surface area contributed by atoms with Crippen molar-refractivity contribution in [1.82, 2.24) is 19.9 Å². The van der Waals surface area contributed by atoms with Gasteiger partial charge in [0.25, 0.3) is 0 Å². The monoisotopic (exact) mass is 293 g/mol. The maximum Gasteiger partial charge on any atom is 0.182 e. The summed E-state index contributed by atoms with van der Waals surface area (Å²) in [5.74, 6) is 0.950. The summed E-state index contributed by atoms with van der Waals surface area (Å²) in [5, 5.41) is 0. The van der Waals surface area contributed by atoms with Gasteiger partial charge in [-0.25, -0.2) is 15.0 Å². The van der Waals surface area contributed by atoms with Crippen LogP contribution in [0.1, 0.15) is 19.0 Å². The maximum absolute atomic E-state index is 5.84. The van der Waals surface area contributed by atoms with Crippen LogP contribution < -0.4 is 5.73 Å². The molecule has 0 unspecified atom stereocenters. The second-order valence-corrected chi connectivity index (χ2v) is 4.33. The number of hydrogen-bond acceptors (Lipinski definition) is 5. The van der Waals surface area contributed by atoms with Crippen molar-refractivity contribution in [2.45, 2.75) is 19.8 Å². The Kier molecular flexibility index (Phi) is 3.63. The Labute approximate surface area is 108 Å². The van der Waals surface area contributed by atoms with Crippen LogP contribution in [0.5, 0.6) is 0 Å². The SMILES string of the molecule is CCCc1nc(-c2cnccn2)nc(N)c1Br.